The topological polar surface area (TPSA) is 35.8 Å². The van der Waals surface area contributed by atoms with Crippen molar-refractivity contribution in [1.82, 2.24) is 5.32 Å². The van der Waals surface area contributed by atoms with Gasteiger partial charge in [-0.2, -0.15) is 5.26 Å². The maximum absolute atomic E-state index is 8.74. The maximum atomic E-state index is 8.74. The second-order valence-electron chi connectivity index (χ2n) is 4.63. The number of thiophene rings is 1. The molecule has 1 aliphatic rings. The lowest BCUT2D eigenvalue weighted by Gasteiger charge is -2.19. The molecule has 0 aromatic carbocycles. The zero-order chi connectivity index (χ0) is 11.4. The van der Waals surface area contributed by atoms with Gasteiger partial charge in [-0.15, -0.1) is 11.3 Å². The molecule has 1 atom stereocenters. The lowest BCUT2D eigenvalue weighted by molar-refractivity contribution is 0.381. The molecule has 2 nitrogen and oxygen atoms in total. The van der Waals surface area contributed by atoms with Crippen LogP contribution in [0.25, 0.3) is 0 Å². The van der Waals surface area contributed by atoms with Crippen molar-refractivity contribution in [3.8, 4) is 6.07 Å². The first-order valence-corrected chi connectivity index (χ1v) is 6.88. The largest absolute Gasteiger partial charge is 0.309 e. The monoisotopic (exact) mass is 234 g/mol. The summed E-state index contributed by atoms with van der Waals surface area (Å²) in [5.74, 6) is 0.857. The predicted molar refractivity (Wildman–Crippen MR) is 67.3 cm³/mol. The number of nitrogens with zero attached hydrogens (tertiary/aromatic N) is 1. The molecule has 1 heterocycles. The second-order valence-corrected chi connectivity index (χ2v) is 5.62. The molecule has 0 radical (unpaired) electrons. The molecule has 86 valence electrons. The van der Waals surface area contributed by atoms with Gasteiger partial charge in [0.1, 0.15) is 6.07 Å². The van der Waals surface area contributed by atoms with Crippen LogP contribution in [0.3, 0.4) is 0 Å². The molecule has 1 aromatic rings. The summed E-state index contributed by atoms with van der Waals surface area (Å²) in [7, 11) is 0. The van der Waals surface area contributed by atoms with Crippen LogP contribution in [0.4, 0.5) is 0 Å². The zero-order valence-corrected chi connectivity index (χ0v) is 10.5. The highest BCUT2D eigenvalue weighted by Gasteiger charge is 2.20. The Kier molecular flexibility index (Phi) is 3.98. The van der Waals surface area contributed by atoms with E-state index < -0.39 is 0 Å². The minimum atomic E-state index is 0.607. The molecule has 3 heteroatoms. The lowest BCUT2D eigenvalue weighted by Crippen LogP contribution is -2.31. The smallest absolute Gasteiger partial charge is 0.100 e. The Morgan fingerprint density at radius 2 is 2.31 bits per heavy atom. The van der Waals surface area contributed by atoms with Gasteiger partial charge < -0.3 is 5.32 Å². The van der Waals surface area contributed by atoms with Gasteiger partial charge >= 0.3 is 0 Å². The van der Waals surface area contributed by atoms with Gasteiger partial charge in [0, 0.05) is 22.8 Å². The molecule has 1 N–H and O–H groups in total. The van der Waals surface area contributed by atoms with Crippen LogP contribution in [-0.4, -0.2) is 6.04 Å². The van der Waals surface area contributed by atoms with Crippen LogP contribution in [0, 0.1) is 17.2 Å². The van der Waals surface area contributed by atoms with Crippen molar-refractivity contribution >= 4 is 11.3 Å². The van der Waals surface area contributed by atoms with Crippen molar-refractivity contribution in [2.24, 2.45) is 5.92 Å². The fourth-order valence-corrected chi connectivity index (χ4v) is 3.18. The third kappa shape index (κ3) is 2.84. The van der Waals surface area contributed by atoms with Crippen LogP contribution in [0.5, 0.6) is 0 Å². The van der Waals surface area contributed by atoms with E-state index in [1.54, 1.807) is 11.3 Å². The molecule has 1 aromatic heterocycles. The van der Waals surface area contributed by atoms with Gasteiger partial charge in [0.25, 0.3) is 0 Å². The van der Waals surface area contributed by atoms with Crippen LogP contribution in [-0.2, 0) is 6.54 Å². The van der Waals surface area contributed by atoms with Crippen molar-refractivity contribution in [1.29, 1.82) is 5.26 Å². The van der Waals surface area contributed by atoms with E-state index in [9.17, 15) is 0 Å². The van der Waals surface area contributed by atoms with Crippen molar-refractivity contribution in [2.75, 3.05) is 0 Å². The zero-order valence-electron chi connectivity index (χ0n) is 9.70. The molecule has 0 amide bonds. The van der Waals surface area contributed by atoms with E-state index in [1.807, 2.05) is 11.4 Å². The summed E-state index contributed by atoms with van der Waals surface area (Å²) in [4.78, 5) is 1.27. The van der Waals surface area contributed by atoms with Crippen molar-refractivity contribution in [2.45, 2.75) is 45.2 Å². The molecular weight excluding hydrogens is 216 g/mol. The highest BCUT2D eigenvalue weighted by atomic mass is 32.1. The summed E-state index contributed by atoms with van der Waals surface area (Å²) < 4.78 is 0. The molecule has 0 saturated heterocycles. The van der Waals surface area contributed by atoms with Crippen LogP contribution in [0.2, 0.25) is 0 Å². The summed E-state index contributed by atoms with van der Waals surface area (Å²) >= 11 is 1.67. The summed E-state index contributed by atoms with van der Waals surface area (Å²) in [5.41, 5.74) is 0.787. The summed E-state index contributed by atoms with van der Waals surface area (Å²) in [6, 6.07) is 4.76. The first-order chi connectivity index (χ1) is 7.79. The average Bonchev–Trinajstić information content (AvgIpc) is 2.96. The molecule has 0 bridgehead atoms. The van der Waals surface area contributed by atoms with Crippen LogP contribution in [0.15, 0.2) is 11.4 Å². The first-order valence-electron chi connectivity index (χ1n) is 6.00. The summed E-state index contributed by atoms with van der Waals surface area (Å²) in [5, 5.41) is 14.2. The van der Waals surface area contributed by atoms with E-state index in [2.05, 4.69) is 18.3 Å². The SMILES string of the molecule is CC(NCc1cc(C#N)cs1)C1CCCC1. The van der Waals surface area contributed by atoms with Crippen LogP contribution >= 0.6 is 11.3 Å². The third-order valence-electron chi connectivity index (χ3n) is 3.49. The molecule has 0 aliphatic heterocycles. The molecule has 1 aliphatic carbocycles. The standard InChI is InChI=1S/C13H18N2S/c1-10(12-4-2-3-5-12)15-8-13-6-11(7-14)9-16-13/h6,9-10,12,15H,2-5,8H2,1H3. The Bertz CT molecular complexity index is 372. The van der Waals surface area contributed by atoms with Gasteiger partial charge in [-0.3, -0.25) is 0 Å². The van der Waals surface area contributed by atoms with E-state index in [1.165, 1.54) is 30.6 Å². The fourth-order valence-electron chi connectivity index (χ4n) is 2.42. The maximum Gasteiger partial charge on any atom is 0.100 e. The van der Waals surface area contributed by atoms with Gasteiger partial charge in [0.15, 0.2) is 0 Å². The Balaban J connectivity index is 1.80. The molecule has 2 rings (SSSR count). The van der Waals surface area contributed by atoms with E-state index >= 15 is 0 Å². The molecule has 1 saturated carbocycles. The highest BCUT2D eigenvalue weighted by molar-refractivity contribution is 7.10. The van der Waals surface area contributed by atoms with Crippen molar-refractivity contribution in [3.05, 3.63) is 21.9 Å². The van der Waals surface area contributed by atoms with E-state index in [4.69, 9.17) is 5.26 Å². The highest BCUT2D eigenvalue weighted by Crippen LogP contribution is 2.27. The van der Waals surface area contributed by atoms with Crippen LogP contribution < -0.4 is 5.32 Å². The predicted octanol–water partition coefficient (Wildman–Crippen LogP) is 3.29. The number of rotatable bonds is 4. The molecule has 16 heavy (non-hydrogen) atoms. The summed E-state index contributed by atoms with van der Waals surface area (Å²) in [6.45, 7) is 3.19. The van der Waals surface area contributed by atoms with E-state index in [0.29, 0.717) is 6.04 Å². The average molecular weight is 234 g/mol. The second kappa shape index (κ2) is 5.47. The molecule has 1 unspecified atom stereocenters. The summed E-state index contributed by atoms with van der Waals surface area (Å²) in [6.07, 6.45) is 5.55. The minimum absolute atomic E-state index is 0.607. The van der Waals surface area contributed by atoms with Gasteiger partial charge in [0.05, 0.1) is 5.56 Å². The minimum Gasteiger partial charge on any atom is -0.309 e. The van der Waals surface area contributed by atoms with Crippen molar-refractivity contribution < 1.29 is 0 Å². The fraction of sp³-hybridized carbons (Fsp3) is 0.615. The van der Waals surface area contributed by atoms with Crippen LogP contribution in [0.1, 0.15) is 43.0 Å². The Labute approximate surface area is 101 Å². The Morgan fingerprint density at radius 1 is 1.56 bits per heavy atom. The quantitative estimate of drug-likeness (QED) is 0.867. The molecule has 1 fully saturated rings. The molecular formula is C13H18N2S. The van der Waals surface area contributed by atoms with Gasteiger partial charge in [-0.1, -0.05) is 12.8 Å². The van der Waals surface area contributed by atoms with Gasteiger partial charge in [-0.05, 0) is 31.7 Å². The van der Waals surface area contributed by atoms with Gasteiger partial charge in [0.2, 0.25) is 0 Å². The van der Waals surface area contributed by atoms with Gasteiger partial charge in [-0.25, -0.2) is 0 Å². The Morgan fingerprint density at radius 3 is 2.94 bits per heavy atom. The Hall–Kier alpha value is -0.850. The molecule has 0 spiro atoms. The normalized spacial score (nSPS) is 18.5. The number of hydrogen-bond acceptors (Lipinski definition) is 3. The first kappa shape index (κ1) is 11.6. The lowest BCUT2D eigenvalue weighted by atomic mass is 10.00. The third-order valence-corrected chi connectivity index (χ3v) is 4.42. The number of nitrogens with one attached hydrogen (secondary N) is 1. The van der Waals surface area contributed by atoms with E-state index in [0.717, 1.165) is 18.0 Å². The number of nitriles is 1. The number of hydrogen-bond donors (Lipinski definition) is 1. The van der Waals surface area contributed by atoms with E-state index in [-0.39, 0.29) is 0 Å². The van der Waals surface area contributed by atoms with Crippen molar-refractivity contribution in [3.63, 3.8) is 0 Å².